The molecule has 0 aromatic carbocycles. The molecule has 0 radical (unpaired) electrons. The molecule has 0 saturated carbocycles. The lowest BCUT2D eigenvalue weighted by Gasteiger charge is -2.03. The predicted octanol–water partition coefficient (Wildman–Crippen LogP) is 3.06. The van der Waals surface area contributed by atoms with Gasteiger partial charge in [0.15, 0.2) is 16.7 Å². The molecule has 2 aromatic heterocycles. The van der Waals surface area contributed by atoms with E-state index in [9.17, 15) is 5.11 Å². The summed E-state index contributed by atoms with van der Waals surface area (Å²) in [6, 6.07) is 1.58. The molecule has 0 bridgehead atoms. The zero-order chi connectivity index (χ0) is 10.8. The monoisotopic (exact) mass is 285 g/mol. The molecule has 2 N–H and O–H groups in total. The van der Waals surface area contributed by atoms with Crippen LogP contribution < -0.4 is 5.32 Å². The third kappa shape index (κ3) is 2.45. The van der Waals surface area contributed by atoms with Gasteiger partial charge >= 0.3 is 0 Å². The topological polar surface area (TPSA) is 58.0 Å². The van der Waals surface area contributed by atoms with E-state index >= 15 is 0 Å². The van der Waals surface area contributed by atoms with Gasteiger partial charge in [-0.05, 0) is 28.9 Å². The molecule has 0 aliphatic heterocycles. The van der Waals surface area contributed by atoms with Crippen LogP contribution in [0.25, 0.3) is 0 Å². The summed E-state index contributed by atoms with van der Waals surface area (Å²) in [5.74, 6) is 0.504. The van der Waals surface area contributed by atoms with Gasteiger partial charge in [-0.15, -0.1) is 11.3 Å². The lowest BCUT2D eigenvalue weighted by molar-refractivity contribution is 0.475. The SMILES string of the molecule is Cc1csc(Nc2ncc(Br)cc2O)n1. The Morgan fingerprint density at radius 1 is 1.53 bits per heavy atom. The standard InChI is InChI=1S/C9H8BrN3OS/c1-5-4-15-9(12-5)13-8-7(14)2-6(10)3-11-8/h2-4,14H,1H3,(H,11,12,13). The summed E-state index contributed by atoms with van der Waals surface area (Å²) >= 11 is 4.69. The number of nitrogens with zero attached hydrogens (tertiary/aromatic N) is 2. The molecule has 0 amide bonds. The lowest BCUT2D eigenvalue weighted by Crippen LogP contribution is -1.93. The van der Waals surface area contributed by atoms with Crippen LogP contribution >= 0.6 is 27.3 Å². The number of halogens is 1. The number of aromatic hydroxyl groups is 1. The first-order chi connectivity index (χ1) is 7.15. The van der Waals surface area contributed by atoms with Gasteiger partial charge in [-0.2, -0.15) is 0 Å². The van der Waals surface area contributed by atoms with Gasteiger partial charge in [0.25, 0.3) is 0 Å². The predicted molar refractivity (Wildman–Crippen MR) is 63.7 cm³/mol. The molecule has 0 fully saturated rings. The summed E-state index contributed by atoms with van der Waals surface area (Å²) in [6.07, 6.45) is 1.61. The molecule has 0 saturated heterocycles. The van der Waals surface area contributed by atoms with E-state index < -0.39 is 0 Å². The van der Waals surface area contributed by atoms with E-state index in [0.717, 1.165) is 15.3 Å². The highest BCUT2D eigenvalue weighted by atomic mass is 79.9. The number of hydrogen-bond acceptors (Lipinski definition) is 5. The number of hydrogen-bond donors (Lipinski definition) is 2. The average molecular weight is 286 g/mol. The van der Waals surface area contributed by atoms with Crippen LogP contribution in [0.15, 0.2) is 22.1 Å². The van der Waals surface area contributed by atoms with Crippen molar-refractivity contribution in [3.63, 3.8) is 0 Å². The van der Waals surface area contributed by atoms with Gasteiger partial charge < -0.3 is 10.4 Å². The van der Waals surface area contributed by atoms with E-state index in [1.54, 1.807) is 12.3 Å². The molecule has 2 aromatic rings. The van der Waals surface area contributed by atoms with Crippen molar-refractivity contribution < 1.29 is 5.11 Å². The van der Waals surface area contributed by atoms with Gasteiger partial charge in [-0.1, -0.05) is 0 Å². The molecule has 0 aliphatic carbocycles. The molecule has 4 nitrogen and oxygen atoms in total. The zero-order valence-electron chi connectivity index (χ0n) is 7.86. The van der Waals surface area contributed by atoms with E-state index in [4.69, 9.17) is 0 Å². The minimum Gasteiger partial charge on any atom is -0.504 e. The number of thiazole rings is 1. The number of aryl methyl sites for hydroxylation is 1. The first-order valence-corrected chi connectivity index (χ1v) is 5.86. The second-order valence-corrected chi connectivity index (χ2v) is 4.71. The first kappa shape index (κ1) is 10.4. The molecule has 0 spiro atoms. The van der Waals surface area contributed by atoms with Crippen LogP contribution in [0.5, 0.6) is 5.75 Å². The van der Waals surface area contributed by atoms with Crippen LogP contribution in [0, 0.1) is 6.92 Å². The van der Waals surface area contributed by atoms with Crippen LogP contribution in [0.4, 0.5) is 10.9 Å². The van der Waals surface area contributed by atoms with Gasteiger partial charge in [-0.25, -0.2) is 9.97 Å². The average Bonchev–Trinajstić information content (AvgIpc) is 2.56. The van der Waals surface area contributed by atoms with Crippen LogP contribution in [-0.2, 0) is 0 Å². The number of rotatable bonds is 2. The number of nitrogens with one attached hydrogen (secondary N) is 1. The van der Waals surface area contributed by atoms with Crippen LogP contribution in [0.3, 0.4) is 0 Å². The molecule has 2 heterocycles. The Labute approximate surface area is 99.1 Å². The molecule has 2 rings (SSSR count). The van der Waals surface area contributed by atoms with Crippen molar-refractivity contribution in [2.75, 3.05) is 5.32 Å². The van der Waals surface area contributed by atoms with Gasteiger partial charge in [0, 0.05) is 16.0 Å². The lowest BCUT2D eigenvalue weighted by atomic mass is 10.4. The maximum atomic E-state index is 9.58. The Bertz CT molecular complexity index is 486. The Balaban J connectivity index is 2.24. The Hall–Kier alpha value is -1.14. The highest BCUT2D eigenvalue weighted by Gasteiger charge is 2.05. The van der Waals surface area contributed by atoms with E-state index in [1.165, 1.54) is 11.3 Å². The van der Waals surface area contributed by atoms with E-state index in [1.807, 2.05) is 12.3 Å². The van der Waals surface area contributed by atoms with Crippen molar-refractivity contribution in [2.24, 2.45) is 0 Å². The summed E-state index contributed by atoms with van der Waals surface area (Å²) in [5, 5.41) is 15.2. The highest BCUT2D eigenvalue weighted by molar-refractivity contribution is 9.10. The number of pyridine rings is 1. The fraction of sp³-hybridized carbons (Fsp3) is 0.111. The maximum absolute atomic E-state index is 9.58. The number of anilines is 2. The van der Waals surface area contributed by atoms with Crippen molar-refractivity contribution in [2.45, 2.75) is 6.92 Å². The third-order valence-corrected chi connectivity index (χ3v) is 2.99. The van der Waals surface area contributed by atoms with E-state index in [2.05, 4.69) is 31.2 Å². The fourth-order valence-corrected chi connectivity index (χ4v) is 2.04. The molecule has 0 aliphatic rings. The van der Waals surface area contributed by atoms with Crippen molar-refractivity contribution >= 4 is 38.2 Å². The molecular formula is C9H8BrN3OS. The maximum Gasteiger partial charge on any atom is 0.188 e. The molecule has 15 heavy (non-hydrogen) atoms. The van der Waals surface area contributed by atoms with Gasteiger partial charge in [0.2, 0.25) is 0 Å². The Morgan fingerprint density at radius 3 is 2.93 bits per heavy atom. The Kier molecular flexibility index (Phi) is 2.88. The van der Waals surface area contributed by atoms with Crippen molar-refractivity contribution in [3.05, 3.63) is 27.8 Å². The minimum absolute atomic E-state index is 0.0947. The van der Waals surface area contributed by atoms with Crippen LogP contribution in [0.2, 0.25) is 0 Å². The summed E-state index contributed by atoms with van der Waals surface area (Å²) < 4.78 is 0.737. The van der Waals surface area contributed by atoms with Crippen LogP contribution in [0.1, 0.15) is 5.69 Å². The number of aromatic nitrogens is 2. The molecule has 0 atom stereocenters. The largest absolute Gasteiger partial charge is 0.504 e. The fourth-order valence-electron chi connectivity index (χ4n) is 1.04. The van der Waals surface area contributed by atoms with Crippen molar-refractivity contribution in [3.8, 4) is 5.75 Å². The molecular weight excluding hydrogens is 278 g/mol. The third-order valence-electron chi connectivity index (χ3n) is 1.68. The summed E-state index contributed by atoms with van der Waals surface area (Å²) in [5.41, 5.74) is 0.944. The highest BCUT2D eigenvalue weighted by Crippen LogP contribution is 2.28. The normalized spacial score (nSPS) is 10.3. The van der Waals surface area contributed by atoms with Crippen molar-refractivity contribution in [1.29, 1.82) is 0 Å². The summed E-state index contributed by atoms with van der Waals surface area (Å²) in [6.45, 7) is 1.91. The van der Waals surface area contributed by atoms with Crippen LogP contribution in [-0.4, -0.2) is 15.1 Å². The summed E-state index contributed by atoms with van der Waals surface area (Å²) in [4.78, 5) is 8.26. The van der Waals surface area contributed by atoms with Gasteiger partial charge in [0.05, 0.1) is 5.69 Å². The molecule has 78 valence electrons. The van der Waals surface area contributed by atoms with Gasteiger partial charge in [-0.3, -0.25) is 0 Å². The second kappa shape index (κ2) is 4.16. The smallest absolute Gasteiger partial charge is 0.188 e. The summed E-state index contributed by atoms with van der Waals surface area (Å²) in [7, 11) is 0. The first-order valence-electron chi connectivity index (χ1n) is 4.19. The second-order valence-electron chi connectivity index (χ2n) is 2.94. The molecule has 0 unspecified atom stereocenters. The van der Waals surface area contributed by atoms with E-state index in [-0.39, 0.29) is 5.75 Å². The minimum atomic E-state index is 0.0947. The van der Waals surface area contributed by atoms with Crippen molar-refractivity contribution in [1.82, 2.24) is 9.97 Å². The van der Waals surface area contributed by atoms with E-state index in [0.29, 0.717) is 5.82 Å². The quantitative estimate of drug-likeness (QED) is 0.890. The molecule has 6 heteroatoms. The Morgan fingerprint density at radius 2 is 2.33 bits per heavy atom. The van der Waals surface area contributed by atoms with Gasteiger partial charge in [0.1, 0.15) is 0 Å². The zero-order valence-corrected chi connectivity index (χ0v) is 10.3.